The Labute approximate surface area is 465 Å². The van der Waals surface area contributed by atoms with E-state index in [1.54, 1.807) is 0 Å². The molecule has 0 amide bonds. The van der Waals surface area contributed by atoms with Gasteiger partial charge in [-0.2, -0.15) is 0 Å². The van der Waals surface area contributed by atoms with Crippen molar-refractivity contribution >= 4 is 118 Å². The van der Waals surface area contributed by atoms with Crippen molar-refractivity contribution in [2.45, 2.75) is 13.8 Å². The van der Waals surface area contributed by atoms with E-state index in [1.807, 2.05) is 32.0 Å². The van der Waals surface area contributed by atoms with Gasteiger partial charge in [0.25, 0.3) is 0 Å². The molecule has 0 aliphatic rings. The topological polar surface area (TPSA) is 24.3 Å². The summed E-state index contributed by atoms with van der Waals surface area (Å²) < 4.78 is 7.50. The van der Waals surface area contributed by atoms with E-state index in [1.165, 1.54) is 54.2 Å². The van der Waals surface area contributed by atoms with Gasteiger partial charge >= 0.3 is 81.3 Å². The van der Waals surface area contributed by atoms with E-state index in [4.69, 9.17) is 49.3 Å². The molecular weight excluding hydrogens is 1390 g/mol. The summed E-state index contributed by atoms with van der Waals surface area (Å²) in [6.45, 7) is 15.3. The van der Waals surface area contributed by atoms with E-state index in [0.29, 0.717) is 0 Å². The molecule has 9 aromatic rings. The Kier molecular flexibility index (Phi) is 31.5. The maximum Gasteiger partial charge on any atom is 0.00405 e. The van der Waals surface area contributed by atoms with Crippen LogP contribution in [0.1, 0.15) is 11.1 Å². The minimum absolute atomic E-state index is 0.409. The molecule has 0 heterocycles. The maximum absolute atomic E-state index is 7.50. The van der Waals surface area contributed by atoms with Crippen molar-refractivity contribution in [2.75, 3.05) is 11.8 Å². The Hall–Kier alpha value is -3.59. The molecule has 0 N–H and O–H groups in total. The first-order valence-electron chi connectivity index (χ1n) is 22.3. The Balaban J connectivity index is 0.000000235. The van der Waals surface area contributed by atoms with Crippen LogP contribution in [0.15, 0.2) is 261 Å². The maximum atomic E-state index is 7.50. The van der Waals surface area contributed by atoms with Crippen molar-refractivity contribution < 1.29 is 36.5 Å². The Morgan fingerprint density at radius 3 is 0.597 bits per heavy atom. The SMILES string of the molecule is [C-]#[N+]c1c(C)cccc1C.[C-]#[O+].[Cl][Re][Cl].[Cl][Re][Cl].c1ccc(P(CP(c2ccccc2)c2ccccc2)c2ccccc2)cc1.c1ccc(P(CP(c2ccccc2)c2ccccc2)c2ccccc2)cc1. The van der Waals surface area contributed by atoms with Crippen LogP contribution in [0.5, 0.6) is 0 Å². The molecule has 0 spiro atoms. The van der Waals surface area contributed by atoms with E-state index in [2.05, 4.69) is 254 Å². The fourth-order valence-corrected chi connectivity index (χ4v) is 20.3. The van der Waals surface area contributed by atoms with Gasteiger partial charge in [0.2, 0.25) is 0 Å². The summed E-state index contributed by atoms with van der Waals surface area (Å²) in [7, 11) is 18.0. The van der Waals surface area contributed by atoms with E-state index < -0.39 is 63.6 Å². The molecule has 0 saturated heterocycles. The van der Waals surface area contributed by atoms with Crippen molar-refractivity contribution in [3.63, 3.8) is 0 Å². The van der Waals surface area contributed by atoms with Crippen LogP contribution >= 0.6 is 69.8 Å². The molecule has 9 rings (SSSR count). The molecule has 72 heavy (non-hydrogen) atoms. The molecule has 0 aliphatic carbocycles. The third-order valence-corrected chi connectivity index (χ3v) is 22.6. The number of aryl methyl sites for hydroxylation is 2. The predicted molar refractivity (Wildman–Crippen MR) is 316 cm³/mol. The van der Waals surface area contributed by atoms with Gasteiger partial charge in [-0.25, -0.2) is 4.85 Å². The van der Waals surface area contributed by atoms with Crippen LogP contribution in [-0.2, 0) is 36.5 Å². The normalized spacial score (nSPS) is 10.0. The molecule has 2 nitrogen and oxygen atoms in total. The first-order chi connectivity index (χ1) is 35.4. The van der Waals surface area contributed by atoms with Gasteiger partial charge in [0.1, 0.15) is 0 Å². The second-order valence-electron chi connectivity index (χ2n) is 15.1. The number of halogens is 4. The molecule has 0 saturated carbocycles. The van der Waals surface area contributed by atoms with E-state index in [9.17, 15) is 0 Å². The molecule has 0 unspecified atom stereocenters. The van der Waals surface area contributed by atoms with Gasteiger partial charge in [-0.3, -0.25) is 0 Å². The molecule has 0 radical (unpaired) electrons. The van der Waals surface area contributed by atoms with Crippen LogP contribution in [0.2, 0.25) is 0 Å². The molecule has 0 aliphatic heterocycles. The van der Waals surface area contributed by atoms with Crippen LogP contribution in [0.3, 0.4) is 0 Å². The number of hydrogen-bond acceptors (Lipinski definition) is 0. The van der Waals surface area contributed by atoms with Crippen molar-refractivity contribution in [1.29, 1.82) is 0 Å². The zero-order chi connectivity index (χ0) is 51.6. The molecule has 0 atom stereocenters. The van der Waals surface area contributed by atoms with Gasteiger partial charge in [-0.15, -0.1) is 0 Å². The van der Waals surface area contributed by atoms with Crippen LogP contribution in [0.4, 0.5) is 5.69 Å². The average molecular weight is 1440 g/mol. The van der Waals surface area contributed by atoms with Gasteiger partial charge in [0, 0.05) is 11.8 Å². The minimum Gasteiger partial charge on any atom is -0.0622 e. The van der Waals surface area contributed by atoms with Crippen LogP contribution < -0.4 is 42.4 Å². The molecule has 9 aromatic carbocycles. The second kappa shape index (κ2) is 37.2. The average Bonchev–Trinajstić information content (AvgIpc) is 3.45. The smallest absolute Gasteiger partial charge is 0.00405 e. The Morgan fingerprint density at radius 1 is 0.319 bits per heavy atom. The summed E-state index contributed by atoms with van der Waals surface area (Å²) in [5.41, 5.74) is 2.92. The fraction of sp³-hybridized carbons (Fsp3) is 0.0667. The summed E-state index contributed by atoms with van der Waals surface area (Å²) in [6, 6.07) is 94.2. The monoisotopic (exact) mass is 1440 g/mol. The van der Waals surface area contributed by atoms with Gasteiger partial charge < -0.3 is 0 Å². The van der Waals surface area contributed by atoms with Crippen molar-refractivity contribution in [2.24, 2.45) is 0 Å². The number of nitrogens with zero attached hydrogens (tertiary/aromatic N) is 1. The zero-order valence-corrected chi connectivity index (χ0v) is 51.7. The number of hydrogen-bond donors (Lipinski definition) is 0. The zero-order valence-electron chi connectivity index (χ0n) is 39.7. The van der Waals surface area contributed by atoms with Crippen LogP contribution in [0.25, 0.3) is 4.85 Å². The van der Waals surface area contributed by atoms with Crippen molar-refractivity contribution in [3.8, 4) is 0 Å². The molecule has 0 bridgehead atoms. The summed E-state index contributed by atoms with van der Waals surface area (Å²) in [5.74, 6) is 2.35. The first-order valence-corrected chi connectivity index (χ1v) is 41.9. The summed E-state index contributed by atoms with van der Waals surface area (Å²) in [6.07, 6.45) is 0. The molecule has 0 fully saturated rings. The minimum atomic E-state index is -0.722. The molecule has 0 aromatic heterocycles. The Morgan fingerprint density at radius 2 is 0.472 bits per heavy atom. The summed E-state index contributed by atoms with van der Waals surface area (Å²) in [5, 5.41) is 11.7. The van der Waals surface area contributed by atoms with E-state index in [-0.39, 0.29) is 0 Å². The molecule has 366 valence electrons. The fourth-order valence-electron chi connectivity index (χ4n) is 7.38. The van der Waals surface area contributed by atoms with Gasteiger partial charge in [-0.1, -0.05) is 261 Å². The number of para-hydroxylation sites is 1. The predicted octanol–water partition coefficient (Wildman–Crippen LogP) is 16.0. The van der Waals surface area contributed by atoms with E-state index >= 15 is 0 Å². The van der Waals surface area contributed by atoms with Crippen molar-refractivity contribution in [1.82, 2.24) is 0 Å². The van der Waals surface area contributed by atoms with Crippen LogP contribution in [0, 0.1) is 27.1 Å². The summed E-state index contributed by atoms with van der Waals surface area (Å²) in [4.78, 5) is 3.42. The quantitative estimate of drug-likeness (QED) is 0.0662. The van der Waals surface area contributed by atoms with Gasteiger partial charge in [0.15, 0.2) is 5.69 Å². The summed E-state index contributed by atoms with van der Waals surface area (Å²) >= 11 is -1.44. The molecule has 12 heteroatoms. The first kappa shape index (κ1) is 61.0. The second-order valence-corrected chi connectivity index (χ2v) is 32.8. The standard InChI is InChI=1S/2C25H22P2.C9H9N.CO.4ClH.2Re/c2*1-5-13-22(14-6-1)26(23-15-7-2-8-16-23)21-27(24-17-9-3-10-18-24)25-19-11-4-12-20-25;1-7-5-4-6-8(2)9(7)10-3;1-2;;;;;;/h2*1-20H,21H2;4-6H,1-2H3;;4*1H;;/q;;;;;;;;2*+2/p-4. The largest absolute Gasteiger partial charge is 0.0622 e. The van der Waals surface area contributed by atoms with Gasteiger partial charge in [0.05, 0.1) is 6.57 Å². The van der Waals surface area contributed by atoms with Gasteiger partial charge in [-0.05, 0) is 99.1 Å². The Bertz CT molecular complexity index is 2360. The number of benzene rings is 9. The number of rotatable bonds is 12. The third-order valence-electron chi connectivity index (χ3n) is 10.7. The third kappa shape index (κ3) is 21.0. The van der Waals surface area contributed by atoms with Crippen LogP contribution in [-0.4, -0.2) is 11.8 Å². The molecular formula is C60H53Cl4NOP4Re2. The van der Waals surface area contributed by atoms with Crippen molar-refractivity contribution in [3.05, 3.63) is 290 Å². The van der Waals surface area contributed by atoms with E-state index in [0.717, 1.165) is 16.8 Å².